The first-order valence-electron chi connectivity index (χ1n) is 10.7. The van der Waals surface area contributed by atoms with Gasteiger partial charge in [-0.3, -0.25) is 0 Å². The van der Waals surface area contributed by atoms with Gasteiger partial charge in [-0.1, -0.05) is 0 Å². The minimum Gasteiger partial charge on any atom is -0.490 e. The van der Waals surface area contributed by atoms with Crippen LogP contribution in [-0.4, -0.2) is 55.9 Å². The molecule has 2 fully saturated rings. The van der Waals surface area contributed by atoms with E-state index >= 15 is 0 Å². The predicted molar refractivity (Wildman–Crippen MR) is 114 cm³/mol. The van der Waals surface area contributed by atoms with Crippen LogP contribution in [0.2, 0.25) is 0 Å². The molecular formula is C20H24F3N7OS. The number of anilines is 2. The van der Waals surface area contributed by atoms with E-state index < -0.39 is 12.6 Å². The van der Waals surface area contributed by atoms with Crippen molar-refractivity contribution in [2.45, 2.75) is 44.8 Å². The Kier molecular flexibility index (Phi) is 5.56. The molecule has 2 aliphatic rings. The maximum absolute atomic E-state index is 12.4. The van der Waals surface area contributed by atoms with Crippen molar-refractivity contribution in [1.29, 1.82) is 0 Å². The molecule has 5 rings (SSSR count). The molecule has 12 heteroatoms. The van der Waals surface area contributed by atoms with Gasteiger partial charge in [-0.25, -0.2) is 9.50 Å². The van der Waals surface area contributed by atoms with E-state index in [2.05, 4.69) is 29.7 Å². The number of hydrogen-bond donors (Lipinski definition) is 1. The average Bonchev–Trinajstić information content (AvgIpc) is 3.41. The zero-order valence-electron chi connectivity index (χ0n) is 17.5. The van der Waals surface area contributed by atoms with Crippen molar-refractivity contribution in [3.63, 3.8) is 0 Å². The second kappa shape index (κ2) is 8.38. The largest absolute Gasteiger partial charge is 0.490 e. The van der Waals surface area contributed by atoms with E-state index in [0.717, 1.165) is 36.9 Å². The first-order valence-corrected chi connectivity index (χ1v) is 11.5. The van der Waals surface area contributed by atoms with Crippen LogP contribution in [-0.2, 0) is 0 Å². The number of nitrogens with zero attached hydrogens (tertiary/aromatic N) is 6. The number of aromatic nitrogens is 5. The van der Waals surface area contributed by atoms with Gasteiger partial charge in [-0.15, -0.1) is 5.10 Å². The van der Waals surface area contributed by atoms with Crippen molar-refractivity contribution in [2.75, 3.05) is 29.9 Å². The van der Waals surface area contributed by atoms with Gasteiger partial charge in [0.1, 0.15) is 5.82 Å². The summed E-state index contributed by atoms with van der Waals surface area (Å²) in [5.74, 6) is 2.67. The number of fused-ring (bicyclic) bond motifs is 3. The molecule has 0 radical (unpaired) electrons. The van der Waals surface area contributed by atoms with Gasteiger partial charge in [0.05, 0.1) is 6.61 Å². The lowest BCUT2D eigenvalue weighted by molar-refractivity contribution is -0.136. The maximum atomic E-state index is 12.4. The Morgan fingerprint density at radius 2 is 2.00 bits per heavy atom. The molecule has 1 aliphatic carbocycles. The van der Waals surface area contributed by atoms with Crippen LogP contribution in [0.1, 0.15) is 31.5 Å². The van der Waals surface area contributed by atoms with Crippen LogP contribution in [0, 0.1) is 18.8 Å². The van der Waals surface area contributed by atoms with Gasteiger partial charge in [-0.2, -0.15) is 22.5 Å². The molecule has 0 spiro atoms. The molecule has 172 valence electrons. The third-order valence-electron chi connectivity index (χ3n) is 6.11. The molecule has 1 saturated carbocycles. The van der Waals surface area contributed by atoms with Gasteiger partial charge >= 0.3 is 6.18 Å². The van der Waals surface area contributed by atoms with Gasteiger partial charge < -0.3 is 15.0 Å². The smallest absolute Gasteiger partial charge is 0.389 e. The summed E-state index contributed by atoms with van der Waals surface area (Å²) in [4.78, 5) is 11.4. The van der Waals surface area contributed by atoms with Crippen LogP contribution in [0.5, 0.6) is 5.75 Å². The number of hydrogen-bond acceptors (Lipinski definition) is 8. The zero-order valence-corrected chi connectivity index (χ0v) is 18.4. The molecule has 0 aromatic carbocycles. The number of pyridine rings is 1. The highest BCUT2D eigenvalue weighted by Crippen LogP contribution is 2.40. The first-order chi connectivity index (χ1) is 15.4. The Morgan fingerprint density at radius 1 is 1.22 bits per heavy atom. The highest BCUT2D eigenvalue weighted by Gasteiger charge is 2.43. The molecular weight excluding hydrogens is 443 g/mol. The van der Waals surface area contributed by atoms with E-state index in [9.17, 15) is 13.2 Å². The second-order valence-electron chi connectivity index (χ2n) is 8.44. The summed E-state index contributed by atoms with van der Waals surface area (Å²) in [5, 5.41) is 9.01. The van der Waals surface area contributed by atoms with Gasteiger partial charge in [0.25, 0.3) is 0 Å². The Balaban J connectivity index is 1.25. The Bertz CT molecular complexity index is 1070. The van der Waals surface area contributed by atoms with E-state index in [0.29, 0.717) is 29.2 Å². The number of ether oxygens (including phenoxy) is 1. The second-order valence-corrected chi connectivity index (χ2v) is 9.17. The normalized spacial score (nSPS) is 23.1. The highest BCUT2D eigenvalue weighted by molar-refractivity contribution is 7.09. The fourth-order valence-electron chi connectivity index (χ4n) is 4.69. The zero-order chi connectivity index (χ0) is 22.3. The van der Waals surface area contributed by atoms with E-state index in [-0.39, 0.29) is 19.1 Å². The Labute approximate surface area is 187 Å². The van der Waals surface area contributed by atoms with Crippen molar-refractivity contribution < 1.29 is 17.9 Å². The summed E-state index contributed by atoms with van der Waals surface area (Å²) < 4.78 is 48.5. The van der Waals surface area contributed by atoms with Gasteiger partial charge in [-0.05, 0) is 50.2 Å². The quantitative estimate of drug-likeness (QED) is 0.527. The minimum absolute atomic E-state index is 0.0253. The molecule has 0 amide bonds. The topological polar surface area (TPSA) is 80.5 Å². The summed E-state index contributed by atoms with van der Waals surface area (Å²) in [7, 11) is 0. The Hall–Kier alpha value is -2.63. The van der Waals surface area contributed by atoms with Crippen molar-refractivity contribution in [2.24, 2.45) is 11.8 Å². The van der Waals surface area contributed by atoms with Crippen LogP contribution < -0.4 is 15.0 Å². The molecule has 8 nitrogen and oxygen atoms in total. The Morgan fingerprint density at radius 3 is 2.69 bits per heavy atom. The van der Waals surface area contributed by atoms with Crippen LogP contribution in [0.4, 0.5) is 24.3 Å². The molecule has 3 aromatic heterocycles. The van der Waals surface area contributed by atoms with Gasteiger partial charge in [0.2, 0.25) is 11.1 Å². The average molecular weight is 468 g/mol. The van der Waals surface area contributed by atoms with E-state index in [1.54, 1.807) is 22.8 Å². The lowest BCUT2D eigenvalue weighted by Gasteiger charge is -2.37. The maximum Gasteiger partial charge on any atom is 0.389 e. The number of piperidine rings is 1. The molecule has 1 N–H and O–H groups in total. The van der Waals surface area contributed by atoms with Crippen molar-refractivity contribution >= 4 is 28.3 Å². The van der Waals surface area contributed by atoms with E-state index in [1.807, 2.05) is 6.92 Å². The molecule has 3 atom stereocenters. The van der Waals surface area contributed by atoms with E-state index in [4.69, 9.17) is 4.74 Å². The monoisotopic (exact) mass is 467 g/mol. The van der Waals surface area contributed by atoms with Crippen LogP contribution in [0.3, 0.4) is 0 Å². The third kappa shape index (κ3) is 4.45. The fraction of sp³-hybridized carbons (Fsp3) is 0.600. The van der Waals surface area contributed by atoms with Crippen molar-refractivity contribution in [1.82, 2.24) is 24.0 Å². The summed E-state index contributed by atoms with van der Waals surface area (Å²) >= 11 is 1.45. The van der Waals surface area contributed by atoms with Crippen molar-refractivity contribution in [3.8, 4) is 5.75 Å². The minimum atomic E-state index is -4.18. The number of rotatable bonds is 7. The first kappa shape index (κ1) is 21.2. The van der Waals surface area contributed by atoms with Crippen LogP contribution >= 0.6 is 11.5 Å². The van der Waals surface area contributed by atoms with Crippen LogP contribution in [0.15, 0.2) is 18.3 Å². The lowest BCUT2D eigenvalue weighted by atomic mass is 9.92. The molecule has 1 aliphatic heterocycles. The number of halogens is 3. The molecule has 4 heterocycles. The standard InChI is InChI=1S/C20H24F3N7OS/c1-12-24-19(32-28-12)29-10-13-5-6-14(11-29)16(13)25-18-26-17-15(4-2-8-30(17)27-18)31-9-3-7-20(21,22)23/h2,4,8,13-14,16H,3,5-7,9-11H2,1H3,(H,25,27)/t13-,14?,16-/m0/s1. The highest BCUT2D eigenvalue weighted by atomic mass is 32.1. The third-order valence-corrected chi connectivity index (χ3v) is 6.97. The SMILES string of the molecule is Cc1nsc(N2CC3CC[C@@H](C2)[C@@H]3Nc2nc3c(OCCCC(F)(F)F)cccn3n2)n1. The molecule has 2 bridgehead atoms. The molecule has 1 unspecified atom stereocenters. The molecule has 32 heavy (non-hydrogen) atoms. The summed E-state index contributed by atoms with van der Waals surface area (Å²) in [6, 6.07) is 3.72. The fourth-order valence-corrected chi connectivity index (χ4v) is 5.38. The molecule has 1 saturated heterocycles. The number of aryl methyl sites for hydroxylation is 1. The lowest BCUT2D eigenvalue weighted by Crippen LogP contribution is -2.48. The summed E-state index contributed by atoms with van der Waals surface area (Å²) in [6.07, 6.45) is -1.11. The van der Waals surface area contributed by atoms with Gasteiger partial charge in [0.15, 0.2) is 11.4 Å². The van der Waals surface area contributed by atoms with E-state index in [1.165, 1.54) is 11.5 Å². The summed E-state index contributed by atoms with van der Waals surface area (Å²) in [6.45, 7) is 3.72. The van der Waals surface area contributed by atoms with Crippen LogP contribution in [0.25, 0.3) is 5.65 Å². The number of alkyl halides is 3. The predicted octanol–water partition coefficient (Wildman–Crippen LogP) is 3.94. The molecule has 3 aromatic rings. The van der Waals surface area contributed by atoms with Crippen molar-refractivity contribution in [3.05, 3.63) is 24.2 Å². The summed E-state index contributed by atoms with van der Waals surface area (Å²) in [5.41, 5.74) is 0.496. The number of nitrogens with one attached hydrogen (secondary N) is 1. The van der Waals surface area contributed by atoms with Gasteiger partial charge in [0, 0.05) is 43.3 Å².